The van der Waals surface area contributed by atoms with Gasteiger partial charge in [-0.25, -0.2) is 9.59 Å². The number of carboxylic acids is 1. The maximum atomic E-state index is 15.2. The van der Waals surface area contributed by atoms with Gasteiger partial charge in [0, 0.05) is 12.5 Å². The lowest BCUT2D eigenvalue weighted by Gasteiger charge is -2.44. The van der Waals surface area contributed by atoms with Gasteiger partial charge in [0.1, 0.15) is 30.8 Å². The molecule has 10 heteroatoms. The highest BCUT2D eigenvalue weighted by Gasteiger charge is 2.70. The van der Waals surface area contributed by atoms with Crippen LogP contribution in [0.25, 0.3) is 22.3 Å². The summed E-state index contributed by atoms with van der Waals surface area (Å²) in [6.07, 6.45) is -1.07. The highest BCUT2D eigenvalue weighted by Crippen LogP contribution is 2.58. The molecular weight excluding hydrogens is 781 g/mol. The third-order valence-electron chi connectivity index (χ3n) is 12.3. The third kappa shape index (κ3) is 6.71. The van der Waals surface area contributed by atoms with Gasteiger partial charge in [-0.05, 0) is 76.4 Å². The Bertz CT molecular complexity index is 2600. The molecule has 0 aromatic heterocycles. The molecule has 2 N–H and O–H groups in total. The van der Waals surface area contributed by atoms with Crippen LogP contribution in [0.4, 0.5) is 4.79 Å². The lowest BCUT2D eigenvalue weighted by atomic mass is 9.78. The molecule has 1 heterocycles. The van der Waals surface area contributed by atoms with Crippen LogP contribution in [0.3, 0.4) is 0 Å². The molecule has 1 saturated heterocycles. The summed E-state index contributed by atoms with van der Waals surface area (Å²) in [4.78, 5) is 60.6. The topological polar surface area (TPSA) is 131 Å². The molecule has 0 unspecified atom stereocenters. The van der Waals surface area contributed by atoms with Crippen molar-refractivity contribution >= 4 is 24.0 Å². The number of nitrogens with zero attached hydrogens (tertiary/aromatic N) is 1. The SMILES string of the molecule is CC(C)(C)OC(=O)[C@H]1[C@@H](C(=O)OCc2ccccc2)N(C2(c3ccccc3)c3ccccc3-c3ccccc32)C[C@@]1(NC(=O)OCC1c2ccccc2-c2ccccc21)C(=O)O. The molecule has 10 nitrogen and oxygen atoms in total. The van der Waals surface area contributed by atoms with E-state index in [1.54, 1.807) is 37.8 Å². The van der Waals surface area contributed by atoms with Gasteiger partial charge in [0.15, 0.2) is 5.54 Å². The molecule has 0 spiro atoms. The van der Waals surface area contributed by atoms with Crippen LogP contribution in [0.1, 0.15) is 60.1 Å². The summed E-state index contributed by atoms with van der Waals surface area (Å²) in [6.45, 7) is 4.19. The largest absolute Gasteiger partial charge is 0.479 e. The zero-order valence-electron chi connectivity index (χ0n) is 34.6. The fraction of sp³-hybridized carbons (Fsp3) is 0.231. The molecule has 6 aromatic rings. The summed E-state index contributed by atoms with van der Waals surface area (Å²) in [5, 5.41) is 14.3. The van der Waals surface area contributed by atoms with Crippen LogP contribution in [0, 0.1) is 5.92 Å². The molecule has 3 atom stereocenters. The Hall–Kier alpha value is -7.04. The number of esters is 2. The van der Waals surface area contributed by atoms with Crippen molar-refractivity contribution in [2.45, 2.75) is 56.0 Å². The molecule has 62 heavy (non-hydrogen) atoms. The van der Waals surface area contributed by atoms with Crippen molar-refractivity contribution in [2.24, 2.45) is 5.92 Å². The zero-order chi connectivity index (χ0) is 43.2. The Morgan fingerprint density at radius 1 is 0.645 bits per heavy atom. The van der Waals surface area contributed by atoms with E-state index in [2.05, 4.69) is 5.32 Å². The number of carbonyl (C=O) groups excluding carboxylic acids is 3. The molecule has 0 bridgehead atoms. The predicted octanol–water partition coefficient (Wildman–Crippen LogP) is 8.71. The normalized spacial score (nSPS) is 19.7. The average Bonchev–Trinajstić information content (AvgIpc) is 3.90. The van der Waals surface area contributed by atoms with Gasteiger partial charge in [-0.2, -0.15) is 0 Å². The second-order valence-corrected chi connectivity index (χ2v) is 17.1. The van der Waals surface area contributed by atoms with Crippen molar-refractivity contribution in [3.8, 4) is 22.3 Å². The van der Waals surface area contributed by atoms with Crippen LogP contribution < -0.4 is 5.32 Å². The lowest BCUT2D eigenvalue weighted by molar-refractivity contribution is -0.172. The molecule has 1 amide bonds. The summed E-state index contributed by atoms with van der Waals surface area (Å²) in [5.41, 5.74) is 3.70. The summed E-state index contributed by atoms with van der Waals surface area (Å²) in [5.74, 6) is -5.56. The fourth-order valence-electron chi connectivity index (χ4n) is 9.88. The van der Waals surface area contributed by atoms with Crippen LogP contribution in [0.15, 0.2) is 158 Å². The molecule has 1 aliphatic heterocycles. The van der Waals surface area contributed by atoms with Gasteiger partial charge < -0.3 is 24.6 Å². The van der Waals surface area contributed by atoms with E-state index in [-0.39, 0.29) is 19.1 Å². The summed E-state index contributed by atoms with van der Waals surface area (Å²) < 4.78 is 18.1. The number of rotatable bonds is 10. The van der Waals surface area contributed by atoms with E-state index < -0.39 is 59.2 Å². The Kier molecular flexibility index (Phi) is 10.3. The number of carbonyl (C=O) groups is 4. The van der Waals surface area contributed by atoms with Crippen molar-refractivity contribution in [2.75, 3.05) is 13.2 Å². The first-order chi connectivity index (χ1) is 29.9. The van der Waals surface area contributed by atoms with E-state index in [1.165, 1.54) is 0 Å². The summed E-state index contributed by atoms with van der Waals surface area (Å²) in [7, 11) is 0. The maximum Gasteiger partial charge on any atom is 0.408 e. The van der Waals surface area contributed by atoms with E-state index in [0.29, 0.717) is 11.1 Å². The number of ether oxygens (including phenoxy) is 3. The van der Waals surface area contributed by atoms with Gasteiger partial charge in [0.2, 0.25) is 0 Å². The average molecular weight is 827 g/mol. The van der Waals surface area contributed by atoms with E-state index in [4.69, 9.17) is 14.2 Å². The number of nitrogens with one attached hydrogen (secondary N) is 1. The first kappa shape index (κ1) is 40.4. The number of likely N-dealkylation sites (tertiary alicyclic amines) is 1. The second kappa shape index (κ2) is 15.8. The Morgan fingerprint density at radius 2 is 1.15 bits per heavy atom. The van der Waals surface area contributed by atoms with E-state index in [0.717, 1.165) is 44.5 Å². The zero-order valence-corrected chi connectivity index (χ0v) is 34.6. The van der Waals surface area contributed by atoms with Gasteiger partial charge >= 0.3 is 24.0 Å². The van der Waals surface area contributed by atoms with Gasteiger partial charge in [-0.15, -0.1) is 0 Å². The van der Waals surface area contributed by atoms with Crippen LogP contribution in [-0.2, 0) is 40.7 Å². The number of amides is 1. The number of carboxylic acid groups (broad SMARTS) is 1. The number of hydrogen-bond donors (Lipinski definition) is 2. The van der Waals surface area contributed by atoms with Crippen molar-refractivity contribution in [1.29, 1.82) is 0 Å². The molecule has 0 saturated carbocycles. The molecule has 9 rings (SSSR count). The standard InChI is InChI=1S/C52H46N2O8/c1-50(2,3)62-46(55)44-45(47(56)60-30-33-18-6-4-7-19-33)54(52(34-20-8-5-9-21-34)42-28-16-14-26-39(42)40-27-15-17-29-43(40)52)32-51(44,48(57)58)53-49(59)61-31-41-37-24-12-10-22-35(37)36-23-11-13-25-38(36)41/h4-29,41,44-45H,30-32H2,1-3H3,(H,53,59)(H,57,58)/t44-,45+,51+/m1/s1. The minimum Gasteiger partial charge on any atom is -0.479 e. The van der Waals surface area contributed by atoms with Crippen molar-refractivity contribution < 1.29 is 38.5 Å². The van der Waals surface area contributed by atoms with Crippen LogP contribution in [-0.4, -0.2) is 64.3 Å². The first-order valence-electron chi connectivity index (χ1n) is 20.8. The molecule has 6 aromatic carbocycles. The predicted molar refractivity (Wildman–Crippen MR) is 233 cm³/mol. The Morgan fingerprint density at radius 3 is 1.69 bits per heavy atom. The lowest BCUT2D eigenvalue weighted by Crippen LogP contribution is -2.63. The number of aliphatic carboxylic acids is 1. The molecular formula is C52H46N2O8. The van der Waals surface area contributed by atoms with Gasteiger partial charge in [0.25, 0.3) is 0 Å². The van der Waals surface area contributed by atoms with Crippen LogP contribution >= 0.6 is 0 Å². The van der Waals surface area contributed by atoms with Crippen LogP contribution in [0.5, 0.6) is 0 Å². The number of fused-ring (bicyclic) bond motifs is 6. The molecule has 3 aliphatic rings. The number of alkyl carbamates (subject to hydrolysis) is 1. The van der Waals surface area contributed by atoms with Crippen molar-refractivity contribution in [3.05, 3.63) is 191 Å². The summed E-state index contributed by atoms with van der Waals surface area (Å²) in [6, 6.07) is 48.3. The van der Waals surface area contributed by atoms with Gasteiger partial charge in [0.05, 0.1) is 5.54 Å². The van der Waals surface area contributed by atoms with Crippen LogP contribution in [0.2, 0.25) is 0 Å². The van der Waals surface area contributed by atoms with Crippen molar-refractivity contribution in [3.63, 3.8) is 0 Å². The minimum absolute atomic E-state index is 0.117. The van der Waals surface area contributed by atoms with Gasteiger partial charge in [-0.3, -0.25) is 14.5 Å². The smallest absolute Gasteiger partial charge is 0.408 e. The fourth-order valence-corrected chi connectivity index (χ4v) is 9.88. The first-order valence-corrected chi connectivity index (χ1v) is 20.8. The maximum absolute atomic E-state index is 15.2. The highest BCUT2D eigenvalue weighted by atomic mass is 16.6. The van der Waals surface area contributed by atoms with E-state index in [1.807, 2.05) is 146 Å². The molecule has 312 valence electrons. The second-order valence-electron chi connectivity index (χ2n) is 17.1. The van der Waals surface area contributed by atoms with Crippen molar-refractivity contribution in [1.82, 2.24) is 10.2 Å². The quantitative estimate of drug-likeness (QED) is 0.103. The van der Waals surface area contributed by atoms with E-state index >= 15 is 4.79 Å². The Labute approximate surface area is 360 Å². The number of benzene rings is 6. The minimum atomic E-state index is -2.48. The monoisotopic (exact) mass is 826 g/mol. The Balaban J connectivity index is 1.20. The van der Waals surface area contributed by atoms with E-state index in [9.17, 15) is 19.5 Å². The van der Waals surface area contributed by atoms with Gasteiger partial charge in [-0.1, -0.05) is 158 Å². The molecule has 0 radical (unpaired) electrons. The third-order valence-corrected chi connectivity index (χ3v) is 12.3. The number of hydrogen-bond acceptors (Lipinski definition) is 8. The highest BCUT2D eigenvalue weighted by molar-refractivity contribution is 5.98. The molecule has 1 fully saturated rings. The summed E-state index contributed by atoms with van der Waals surface area (Å²) >= 11 is 0. The molecule has 2 aliphatic carbocycles.